The lowest BCUT2D eigenvalue weighted by Crippen LogP contribution is -2.48. The molecule has 1 aliphatic rings. The van der Waals surface area contributed by atoms with Gasteiger partial charge >= 0.3 is 12.0 Å². The van der Waals surface area contributed by atoms with E-state index in [-0.39, 0.29) is 24.5 Å². The number of likely N-dealkylation sites (tertiary alicyclic amines) is 1. The molecule has 0 aromatic heterocycles. The van der Waals surface area contributed by atoms with Gasteiger partial charge < -0.3 is 20.6 Å². The van der Waals surface area contributed by atoms with Crippen LogP contribution in [0.2, 0.25) is 0 Å². The number of carbonyl (C=O) groups excluding carboxylic acids is 2. The van der Waals surface area contributed by atoms with E-state index >= 15 is 0 Å². The minimum atomic E-state index is -0.870. The third-order valence-electron chi connectivity index (χ3n) is 3.69. The van der Waals surface area contributed by atoms with Crippen molar-refractivity contribution in [3.8, 4) is 0 Å². The highest BCUT2D eigenvalue weighted by Crippen LogP contribution is 2.34. The molecule has 7 heteroatoms. The van der Waals surface area contributed by atoms with Crippen molar-refractivity contribution >= 4 is 17.9 Å². The van der Waals surface area contributed by atoms with Gasteiger partial charge in [0.05, 0.1) is 12.0 Å². The third kappa shape index (κ3) is 4.61. The van der Waals surface area contributed by atoms with E-state index in [0.29, 0.717) is 19.4 Å². The molecule has 120 valence electrons. The Kier molecular flexibility index (Phi) is 5.20. The van der Waals surface area contributed by atoms with Gasteiger partial charge in [0.1, 0.15) is 0 Å². The van der Waals surface area contributed by atoms with Gasteiger partial charge in [-0.15, -0.1) is 0 Å². The molecule has 1 unspecified atom stereocenters. The Morgan fingerprint density at radius 2 is 1.90 bits per heavy atom. The fourth-order valence-electron chi connectivity index (χ4n) is 2.39. The van der Waals surface area contributed by atoms with E-state index in [1.165, 1.54) is 4.90 Å². The number of nitrogens with one attached hydrogen (secondary N) is 2. The number of nitrogens with zero attached hydrogens (tertiary/aromatic N) is 1. The van der Waals surface area contributed by atoms with Gasteiger partial charge in [0.2, 0.25) is 5.91 Å². The van der Waals surface area contributed by atoms with Gasteiger partial charge in [-0.05, 0) is 33.6 Å². The summed E-state index contributed by atoms with van der Waals surface area (Å²) in [6.45, 7) is 7.85. The van der Waals surface area contributed by atoms with E-state index in [9.17, 15) is 19.5 Å². The number of hydrogen-bond acceptors (Lipinski definition) is 3. The normalized spacial score (nSPS) is 22.0. The van der Waals surface area contributed by atoms with E-state index < -0.39 is 17.4 Å². The molecule has 7 nitrogen and oxygen atoms in total. The highest BCUT2D eigenvalue weighted by molar-refractivity contribution is 5.85. The van der Waals surface area contributed by atoms with Crippen LogP contribution >= 0.6 is 0 Å². The molecule has 3 N–H and O–H groups in total. The zero-order chi connectivity index (χ0) is 16.3. The average Bonchev–Trinajstić information content (AvgIpc) is 2.79. The smallest absolute Gasteiger partial charge is 0.317 e. The summed E-state index contributed by atoms with van der Waals surface area (Å²) in [6, 6.07) is -0.393. The summed E-state index contributed by atoms with van der Waals surface area (Å²) in [4.78, 5) is 36.4. The van der Waals surface area contributed by atoms with Crippen LogP contribution in [-0.2, 0) is 9.59 Å². The summed E-state index contributed by atoms with van der Waals surface area (Å²) in [6.07, 6.45) is 0.928. The number of carboxylic acid groups (broad SMARTS) is 1. The molecule has 1 atom stereocenters. The van der Waals surface area contributed by atoms with Crippen LogP contribution in [0.3, 0.4) is 0 Å². The zero-order valence-corrected chi connectivity index (χ0v) is 13.2. The lowest BCUT2D eigenvalue weighted by Gasteiger charge is -2.24. The molecule has 0 saturated carbocycles. The van der Waals surface area contributed by atoms with E-state index in [1.807, 2.05) is 27.7 Å². The molecule has 1 fully saturated rings. The predicted molar refractivity (Wildman–Crippen MR) is 77.8 cm³/mol. The number of carbonyl (C=O) groups is 3. The maximum Gasteiger partial charge on any atom is 0.317 e. The van der Waals surface area contributed by atoms with Crippen molar-refractivity contribution in [3.63, 3.8) is 0 Å². The number of rotatable bonds is 4. The zero-order valence-electron chi connectivity index (χ0n) is 13.2. The summed E-state index contributed by atoms with van der Waals surface area (Å²) < 4.78 is 0. The van der Waals surface area contributed by atoms with Crippen molar-refractivity contribution in [1.29, 1.82) is 0 Å². The Morgan fingerprint density at radius 1 is 1.29 bits per heavy atom. The van der Waals surface area contributed by atoms with Crippen molar-refractivity contribution < 1.29 is 19.5 Å². The average molecular weight is 299 g/mol. The standard InChI is InChI=1S/C14H25N3O4/c1-5-14(11(19)20)6-7-17(9-14)12(21)15-8-10(18)16-13(2,3)4/h5-9H2,1-4H3,(H,15,21)(H,16,18)(H,19,20). The van der Waals surface area contributed by atoms with Gasteiger partial charge in [-0.25, -0.2) is 4.79 Å². The molecule has 1 rings (SSSR count). The molecule has 0 aromatic carbocycles. The molecule has 1 heterocycles. The molecule has 1 saturated heterocycles. The van der Waals surface area contributed by atoms with Crippen molar-refractivity contribution in [3.05, 3.63) is 0 Å². The maximum atomic E-state index is 12.0. The summed E-state index contributed by atoms with van der Waals surface area (Å²) >= 11 is 0. The minimum Gasteiger partial charge on any atom is -0.481 e. The van der Waals surface area contributed by atoms with Crippen LogP contribution < -0.4 is 10.6 Å². The largest absolute Gasteiger partial charge is 0.481 e. The molecular weight excluding hydrogens is 274 g/mol. The summed E-state index contributed by atoms with van der Waals surface area (Å²) in [7, 11) is 0. The highest BCUT2D eigenvalue weighted by atomic mass is 16.4. The van der Waals surface area contributed by atoms with Crippen LogP contribution in [0.1, 0.15) is 40.5 Å². The van der Waals surface area contributed by atoms with Gasteiger partial charge in [-0.1, -0.05) is 6.92 Å². The Morgan fingerprint density at radius 3 is 2.33 bits per heavy atom. The summed E-state index contributed by atoms with van der Waals surface area (Å²) in [5.74, 6) is -1.14. The number of carboxylic acids is 1. The molecule has 0 bridgehead atoms. The fraction of sp³-hybridized carbons (Fsp3) is 0.786. The number of hydrogen-bond donors (Lipinski definition) is 3. The van der Waals surface area contributed by atoms with E-state index in [0.717, 1.165) is 0 Å². The fourth-order valence-corrected chi connectivity index (χ4v) is 2.39. The third-order valence-corrected chi connectivity index (χ3v) is 3.69. The maximum absolute atomic E-state index is 12.0. The van der Waals surface area contributed by atoms with Crippen LogP contribution in [0.15, 0.2) is 0 Å². The van der Waals surface area contributed by atoms with Crippen LogP contribution in [0.5, 0.6) is 0 Å². The summed E-state index contributed by atoms with van der Waals surface area (Å²) in [5.41, 5.74) is -1.21. The number of urea groups is 1. The second-order valence-electron chi connectivity index (χ2n) is 6.57. The van der Waals surface area contributed by atoms with Gasteiger partial charge in [0.15, 0.2) is 0 Å². The van der Waals surface area contributed by atoms with Crippen LogP contribution in [0.4, 0.5) is 4.79 Å². The monoisotopic (exact) mass is 299 g/mol. The van der Waals surface area contributed by atoms with E-state index in [4.69, 9.17) is 0 Å². The first-order valence-electron chi connectivity index (χ1n) is 7.17. The van der Waals surface area contributed by atoms with Crippen LogP contribution in [0.25, 0.3) is 0 Å². The Hall–Kier alpha value is -1.79. The second-order valence-corrected chi connectivity index (χ2v) is 6.57. The summed E-state index contributed by atoms with van der Waals surface area (Å²) in [5, 5.41) is 14.6. The van der Waals surface area contributed by atoms with Crippen molar-refractivity contribution in [2.24, 2.45) is 5.41 Å². The first-order chi connectivity index (χ1) is 9.59. The molecule has 3 amide bonds. The van der Waals surface area contributed by atoms with Crippen LogP contribution in [0, 0.1) is 5.41 Å². The molecular formula is C14H25N3O4. The molecule has 0 spiro atoms. The minimum absolute atomic E-state index is 0.112. The van der Waals surface area contributed by atoms with E-state index in [1.54, 1.807) is 0 Å². The number of aliphatic carboxylic acids is 1. The Labute approximate surface area is 125 Å². The highest BCUT2D eigenvalue weighted by Gasteiger charge is 2.44. The molecule has 0 aliphatic carbocycles. The van der Waals surface area contributed by atoms with E-state index in [2.05, 4.69) is 10.6 Å². The van der Waals surface area contributed by atoms with Gasteiger partial charge in [0.25, 0.3) is 0 Å². The Bertz CT molecular complexity index is 430. The van der Waals surface area contributed by atoms with Gasteiger partial charge in [0, 0.05) is 18.6 Å². The van der Waals surface area contributed by atoms with Gasteiger partial charge in [-0.3, -0.25) is 9.59 Å². The SMILES string of the molecule is CCC1(C(=O)O)CCN(C(=O)NCC(=O)NC(C)(C)C)C1. The second kappa shape index (κ2) is 6.32. The topological polar surface area (TPSA) is 98.7 Å². The lowest BCUT2D eigenvalue weighted by atomic mass is 9.84. The van der Waals surface area contributed by atoms with Crippen molar-refractivity contribution in [1.82, 2.24) is 15.5 Å². The first kappa shape index (κ1) is 17.3. The van der Waals surface area contributed by atoms with Gasteiger partial charge in [-0.2, -0.15) is 0 Å². The molecule has 0 radical (unpaired) electrons. The van der Waals surface area contributed by atoms with Crippen molar-refractivity contribution in [2.45, 2.75) is 46.1 Å². The lowest BCUT2D eigenvalue weighted by molar-refractivity contribution is -0.148. The first-order valence-corrected chi connectivity index (χ1v) is 7.17. The molecule has 0 aromatic rings. The molecule has 21 heavy (non-hydrogen) atoms. The van der Waals surface area contributed by atoms with Crippen LogP contribution in [-0.4, -0.2) is 53.1 Å². The molecule has 1 aliphatic heterocycles. The predicted octanol–water partition coefficient (Wildman–Crippen LogP) is 0.797. The number of amides is 3. The Balaban J connectivity index is 2.48. The quantitative estimate of drug-likeness (QED) is 0.715. The van der Waals surface area contributed by atoms with Crippen molar-refractivity contribution in [2.75, 3.05) is 19.6 Å².